The highest BCUT2D eigenvalue weighted by Gasteiger charge is 2.20. The molecule has 2 aliphatic rings. The zero-order valence-electron chi connectivity index (χ0n) is 12.9. The summed E-state index contributed by atoms with van der Waals surface area (Å²) in [6, 6.07) is 0.885. The van der Waals surface area contributed by atoms with Crippen LogP contribution < -0.4 is 11.1 Å². The van der Waals surface area contributed by atoms with Gasteiger partial charge in [-0.05, 0) is 70.9 Å². The molecule has 2 rings (SSSR count). The van der Waals surface area contributed by atoms with E-state index in [-0.39, 0.29) is 5.91 Å². The van der Waals surface area contributed by atoms with Gasteiger partial charge in [-0.25, -0.2) is 0 Å². The Morgan fingerprint density at radius 3 is 2.55 bits per heavy atom. The molecule has 4 heteroatoms. The third-order valence-electron chi connectivity index (χ3n) is 5.03. The molecule has 0 radical (unpaired) electrons. The molecular formula is C16H31N3O. The zero-order chi connectivity index (χ0) is 14.4. The predicted molar refractivity (Wildman–Crippen MR) is 82.4 cm³/mol. The molecule has 20 heavy (non-hydrogen) atoms. The first kappa shape index (κ1) is 15.8. The van der Waals surface area contributed by atoms with E-state index < -0.39 is 0 Å². The second-order valence-electron chi connectivity index (χ2n) is 6.72. The summed E-state index contributed by atoms with van der Waals surface area (Å²) >= 11 is 0. The van der Waals surface area contributed by atoms with Crippen LogP contribution in [0.5, 0.6) is 0 Å². The molecule has 1 unspecified atom stereocenters. The zero-order valence-corrected chi connectivity index (χ0v) is 12.9. The minimum absolute atomic E-state index is 0.228. The van der Waals surface area contributed by atoms with Gasteiger partial charge in [0, 0.05) is 25.0 Å². The second-order valence-corrected chi connectivity index (χ2v) is 6.72. The monoisotopic (exact) mass is 281 g/mol. The van der Waals surface area contributed by atoms with E-state index in [0.29, 0.717) is 18.5 Å². The van der Waals surface area contributed by atoms with E-state index in [9.17, 15) is 4.79 Å². The van der Waals surface area contributed by atoms with Gasteiger partial charge in [0.15, 0.2) is 0 Å². The Morgan fingerprint density at radius 2 is 1.90 bits per heavy atom. The molecule has 1 amide bonds. The van der Waals surface area contributed by atoms with E-state index in [1.165, 1.54) is 38.8 Å². The second kappa shape index (κ2) is 7.99. The van der Waals surface area contributed by atoms with Crippen LogP contribution in [0.3, 0.4) is 0 Å². The average molecular weight is 281 g/mol. The lowest BCUT2D eigenvalue weighted by Crippen LogP contribution is -2.40. The van der Waals surface area contributed by atoms with Crippen molar-refractivity contribution in [2.45, 2.75) is 70.4 Å². The lowest BCUT2D eigenvalue weighted by atomic mass is 9.84. The highest BCUT2D eigenvalue weighted by molar-refractivity contribution is 5.75. The quantitative estimate of drug-likeness (QED) is 0.781. The van der Waals surface area contributed by atoms with E-state index in [1.807, 2.05) is 0 Å². The van der Waals surface area contributed by atoms with Crippen LogP contribution in [0, 0.1) is 5.92 Å². The van der Waals surface area contributed by atoms with Crippen LogP contribution in [0.15, 0.2) is 0 Å². The number of rotatable bonds is 6. The minimum atomic E-state index is 0.228. The topological polar surface area (TPSA) is 58.4 Å². The van der Waals surface area contributed by atoms with Gasteiger partial charge in [-0.15, -0.1) is 0 Å². The smallest absolute Gasteiger partial charge is 0.220 e. The Bertz CT molecular complexity index is 294. The van der Waals surface area contributed by atoms with Crippen molar-refractivity contribution in [2.75, 3.05) is 19.6 Å². The van der Waals surface area contributed by atoms with Crippen LogP contribution >= 0.6 is 0 Å². The summed E-state index contributed by atoms with van der Waals surface area (Å²) in [5.41, 5.74) is 5.91. The molecule has 1 saturated carbocycles. The van der Waals surface area contributed by atoms with Crippen molar-refractivity contribution in [3.8, 4) is 0 Å². The van der Waals surface area contributed by atoms with E-state index >= 15 is 0 Å². The molecule has 0 bridgehead atoms. The number of likely N-dealkylation sites (tertiary alicyclic amines) is 1. The van der Waals surface area contributed by atoms with E-state index in [0.717, 1.165) is 31.7 Å². The van der Waals surface area contributed by atoms with Crippen molar-refractivity contribution in [2.24, 2.45) is 11.7 Å². The largest absolute Gasteiger partial charge is 0.355 e. The number of hydrogen-bond donors (Lipinski definition) is 2. The molecule has 2 fully saturated rings. The van der Waals surface area contributed by atoms with Gasteiger partial charge in [0.05, 0.1) is 0 Å². The molecule has 0 spiro atoms. The van der Waals surface area contributed by atoms with Gasteiger partial charge >= 0.3 is 0 Å². The van der Waals surface area contributed by atoms with Gasteiger partial charge in [-0.3, -0.25) is 9.69 Å². The molecule has 0 aromatic carbocycles. The Hall–Kier alpha value is -0.610. The van der Waals surface area contributed by atoms with Crippen LogP contribution in [0.1, 0.15) is 58.3 Å². The minimum Gasteiger partial charge on any atom is -0.355 e. The Morgan fingerprint density at radius 1 is 1.25 bits per heavy atom. The molecule has 0 aromatic heterocycles. The molecule has 1 aliphatic carbocycles. The van der Waals surface area contributed by atoms with E-state index in [1.54, 1.807) is 0 Å². The fourth-order valence-electron chi connectivity index (χ4n) is 3.47. The SMILES string of the molecule is CC(CNC(=O)CCC1CCC(N)CC1)N1CCCC1. The Labute approximate surface area is 123 Å². The molecule has 4 nitrogen and oxygen atoms in total. The van der Waals surface area contributed by atoms with Gasteiger partial charge in [0.25, 0.3) is 0 Å². The summed E-state index contributed by atoms with van der Waals surface area (Å²) in [6.07, 6.45) is 9.03. The summed E-state index contributed by atoms with van der Waals surface area (Å²) in [7, 11) is 0. The van der Waals surface area contributed by atoms with Crippen molar-refractivity contribution in [3.05, 3.63) is 0 Å². The van der Waals surface area contributed by atoms with Crippen molar-refractivity contribution in [1.29, 1.82) is 0 Å². The molecule has 1 heterocycles. The number of amides is 1. The first-order valence-electron chi connectivity index (χ1n) is 8.41. The van der Waals surface area contributed by atoms with Gasteiger partial charge in [-0.1, -0.05) is 0 Å². The summed E-state index contributed by atoms with van der Waals surface area (Å²) in [5, 5.41) is 3.10. The van der Waals surface area contributed by atoms with Gasteiger partial charge in [0.2, 0.25) is 5.91 Å². The van der Waals surface area contributed by atoms with Crippen LogP contribution in [0.2, 0.25) is 0 Å². The fraction of sp³-hybridized carbons (Fsp3) is 0.938. The Balaban J connectivity index is 1.56. The standard InChI is InChI=1S/C16H31N3O/c1-13(19-10-2-3-11-19)12-18-16(20)9-6-14-4-7-15(17)8-5-14/h13-15H,2-12,17H2,1H3,(H,18,20). The number of nitrogens with zero attached hydrogens (tertiary/aromatic N) is 1. The molecule has 1 aliphatic heterocycles. The van der Waals surface area contributed by atoms with Crippen LogP contribution in [-0.2, 0) is 4.79 Å². The van der Waals surface area contributed by atoms with Gasteiger partial charge in [-0.2, -0.15) is 0 Å². The lowest BCUT2D eigenvalue weighted by Gasteiger charge is -2.26. The number of nitrogens with two attached hydrogens (primary N) is 1. The highest BCUT2D eigenvalue weighted by Crippen LogP contribution is 2.26. The third-order valence-corrected chi connectivity index (χ3v) is 5.03. The normalized spacial score (nSPS) is 29.3. The van der Waals surface area contributed by atoms with E-state index in [4.69, 9.17) is 5.73 Å². The highest BCUT2D eigenvalue weighted by atomic mass is 16.1. The van der Waals surface area contributed by atoms with Crippen molar-refractivity contribution in [3.63, 3.8) is 0 Å². The molecule has 116 valence electrons. The number of carbonyl (C=O) groups excluding carboxylic acids is 1. The third kappa shape index (κ3) is 5.06. The maximum atomic E-state index is 11.9. The van der Waals surface area contributed by atoms with Gasteiger partial charge in [0.1, 0.15) is 0 Å². The lowest BCUT2D eigenvalue weighted by molar-refractivity contribution is -0.121. The Kier molecular flexibility index (Phi) is 6.30. The predicted octanol–water partition coefficient (Wildman–Crippen LogP) is 1.88. The van der Waals surface area contributed by atoms with Crippen LogP contribution in [0.4, 0.5) is 0 Å². The molecule has 1 saturated heterocycles. The van der Waals surface area contributed by atoms with Gasteiger partial charge < -0.3 is 11.1 Å². The number of hydrogen-bond acceptors (Lipinski definition) is 3. The van der Waals surface area contributed by atoms with Crippen molar-refractivity contribution < 1.29 is 4.79 Å². The molecule has 0 aromatic rings. The summed E-state index contributed by atoms with van der Waals surface area (Å²) < 4.78 is 0. The summed E-state index contributed by atoms with van der Waals surface area (Å²) in [6.45, 7) is 5.40. The summed E-state index contributed by atoms with van der Waals surface area (Å²) in [5.74, 6) is 0.947. The number of nitrogens with one attached hydrogen (secondary N) is 1. The molecule has 1 atom stereocenters. The fourth-order valence-corrected chi connectivity index (χ4v) is 3.47. The van der Waals surface area contributed by atoms with Crippen LogP contribution in [0.25, 0.3) is 0 Å². The first-order chi connectivity index (χ1) is 9.65. The van der Waals surface area contributed by atoms with Crippen LogP contribution in [-0.4, -0.2) is 42.5 Å². The first-order valence-corrected chi connectivity index (χ1v) is 8.41. The summed E-state index contributed by atoms with van der Waals surface area (Å²) in [4.78, 5) is 14.4. The maximum Gasteiger partial charge on any atom is 0.220 e. The molecular weight excluding hydrogens is 250 g/mol. The average Bonchev–Trinajstić information content (AvgIpc) is 2.98. The van der Waals surface area contributed by atoms with Crippen molar-refractivity contribution in [1.82, 2.24) is 10.2 Å². The molecule has 3 N–H and O–H groups in total. The number of carbonyl (C=O) groups is 1. The van der Waals surface area contributed by atoms with Crippen molar-refractivity contribution >= 4 is 5.91 Å². The van der Waals surface area contributed by atoms with E-state index in [2.05, 4.69) is 17.1 Å². The maximum absolute atomic E-state index is 11.9.